The molecule has 1 amide bonds. The average molecular weight is 421 g/mol. The van der Waals surface area contributed by atoms with E-state index in [2.05, 4.69) is 22.7 Å². The number of carbonyl (C=O) groups is 1. The number of aromatic nitrogens is 1. The molecule has 31 heavy (non-hydrogen) atoms. The smallest absolute Gasteiger partial charge is 0.223 e. The van der Waals surface area contributed by atoms with Crippen molar-refractivity contribution >= 4 is 17.4 Å². The monoisotopic (exact) mass is 420 g/mol. The van der Waals surface area contributed by atoms with Gasteiger partial charge in [0.15, 0.2) is 11.6 Å². The summed E-state index contributed by atoms with van der Waals surface area (Å²) in [4.78, 5) is 13.6. The summed E-state index contributed by atoms with van der Waals surface area (Å²) in [7, 11) is 0. The quantitative estimate of drug-likeness (QED) is 0.477. The number of carbonyl (C=O) groups excluding carboxylic acids is 1. The topological polar surface area (TPSA) is 90.6 Å². The van der Waals surface area contributed by atoms with Gasteiger partial charge in [0.2, 0.25) is 5.91 Å². The lowest BCUT2D eigenvalue weighted by atomic mass is 9.98. The van der Waals surface area contributed by atoms with Crippen molar-refractivity contribution in [2.75, 3.05) is 36.4 Å². The maximum atomic E-state index is 11.8. The van der Waals surface area contributed by atoms with Gasteiger partial charge in [-0.2, -0.15) is 0 Å². The van der Waals surface area contributed by atoms with Crippen LogP contribution in [0.15, 0.2) is 47.0 Å². The summed E-state index contributed by atoms with van der Waals surface area (Å²) >= 11 is 0. The highest BCUT2D eigenvalue weighted by molar-refractivity contribution is 5.94. The zero-order chi connectivity index (χ0) is 21.8. The van der Waals surface area contributed by atoms with Crippen LogP contribution in [0.2, 0.25) is 0 Å². The molecule has 0 spiro atoms. The molecule has 1 aromatic heterocycles. The lowest BCUT2D eigenvalue weighted by Gasteiger charge is -2.15. The molecule has 0 unspecified atom stereocenters. The fourth-order valence-electron chi connectivity index (χ4n) is 3.94. The van der Waals surface area contributed by atoms with Crippen molar-refractivity contribution < 1.29 is 14.4 Å². The van der Waals surface area contributed by atoms with E-state index in [0.717, 1.165) is 54.9 Å². The van der Waals surface area contributed by atoms with Gasteiger partial charge in [0.1, 0.15) is 5.75 Å². The lowest BCUT2D eigenvalue weighted by Crippen LogP contribution is -2.25. The number of nitrogens with one attached hydrogen (secondary N) is 2. The third kappa shape index (κ3) is 4.41. The predicted molar refractivity (Wildman–Crippen MR) is 122 cm³/mol. The molecular formula is C24H28N4O3. The first-order valence-electron chi connectivity index (χ1n) is 10.7. The summed E-state index contributed by atoms with van der Waals surface area (Å²) in [6.45, 7) is 6.99. The minimum Gasteiger partial charge on any atom is -0.507 e. The third-order valence-corrected chi connectivity index (χ3v) is 5.51. The molecule has 3 N–H and O–H groups in total. The van der Waals surface area contributed by atoms with E-state index in [9.17, 15) is 9.90 Å². The largest absolute Gasteiger partial charge is 0.507 e. The van der Waals surface area contributed by atoms with Crippen molar-refractivity contribution in [1.82, 2.24) is 10.5 Å². The molecule has 162 valence electrons. The standard InChI is InChI=1S/C24H28N4O3/c1-3-10-25-11-12-26-23-15-22(31-27-23)20-6-4-5-19(24(20)30)17-7-8-21-18(14-17)9-13-28(21)16(2)29/h4-8,14-15,25,30H,3,9-13H2,1-2H3,(H,26,27). The molecule has 2 aromatic carbocycles. The van der Waals surface area contributed by atoms with Crippen LogP contribution in [0.4, 0.5) is 11.5 Å². The van der Waals surface area contributed by atoms with E-state index in [-0.39, 0.29) is 11.7 Å². The molecule has 0 fully saturated rings. The molecule has 3 aromatic rings. The predicted octanol–water partition coefficient (Wildman–Crippen LogP) is 4.03. The van der Waals surface area contributed by atoms with Gasteiger partial charge in [0.25, 0.3) is 0 Å². The maximum Gasteiger partial charge on any atom is 0.223 e. The van der Waals surface area contributed by atoms with Gasteiger partial charge >= 0.3 is 0 Å². The highest BCUT2D eigenvalue weighted by Gasteiger charge is 2.23. The van der Waals surface area contributed by atoms with Crippen LogP contribution in [-0.4, -0.2) is 42.3 Å². The Labute approximate surface area is 182 Å². The van der Waals surface area contributed by atoms with E-state index in [1.165, 1.54) is 0 Å². The molecule has 0 saturated heterocycles. The number of rotatable bonds is 8. The number of fused-ring (bicyclic) bond motifs is 1. The Bertz CT molecular complexity index is 1080. The number of phenolic OH excluding ortho intramolecular Hbond substituents is 1. The van der Waals surface area contributed by atoms with Crippen LogP contribution >= 0.6 is 0 Å². The number of para-hydroxylation sites is 1. The first-order chi connectivity index (χ1) is 15.1. The lowest BCUT2D eigenvalue weighted by molar-refractivity contribution is -0.116. The minimum atomic E-state index is 0.0484. The van der Waals surface area contributed by atoms with Gasteiger partial charge in [-0.05, 0) is 48.7 Å². The zero-order valence-corrected chi connectivity index (χ0v) is 17.9. The van der Waals surface area contributed by atoms with Crippen LogP contribution in [0.5, 0.6) is 5.75 Å². The number of aromatic hydroxyl groups is 1. The first-order valence-corrected chi connectivity index (χ1v) is 10.7. The number of benzene rings is 2. The van der Waals surface area contributed by atoms with Crippen LogP contribution in [0, 0.1) is 0 Å². The van der Waals surface area contributed by atoms with E-state index in [4.69, 9.17) is 4.52 Å². The average Bonchev–Trinajstić information content (AvgIpc) is 3.40. The fraction of sp³-hybridized carbons (Fsp3) is 0.333. The van der Waals surface area contributed by atoms with E-state index in [1.54, 1.807) is 17.9 Å². The van der Waals surface area contributed by atoms with Crippen molar-refractivity contribution in [2.24, 2.45) is 0 Å². The van der Waals surface area contributed by atoms with Crippen molar-refractivity contribution in [2.45, 2.75) is 26.7 Å². The summed E-state index contributed by atoms with van der Waals surface area (Å²) in [6, 6.07) is 13.3. The number of phenols is 1. The summed E-state index contributed by atoms with van der Waals surface area (Å²) in [5.41, 5.74) is 4.28. The van der Waals surface area contributed by atoms with E-state index in [1.807, 2.05) is 36.4 Å². The summed E-state index contributed by atoms with van der Waals surface area (Å²) in [5.74, 6) is 1.34. The Morgan fingerprint density at radius 2 is 2.00 bits per heavy atom. The molecule has 0 atom stereocenters. The second-order valence-corrected chi connectivity index (χ2v) is 7.72. The number of nitrogens with zero attached hydrogens (tertiary/aromatic N) is 2. The van der Waals surface area contributed by atoms with E-state index >= 15 is 0 Å². The Balaban J connectivity index is 1.54. The molecule has 0 bridgehead atoms. The molecule has 1 aliphatic heterocycles. The Kier molecular flexibility index (Phi) is 6.23. The zero-order valence-electron chi connectivity index (χ0n) is 17.9. The van der Waals surface area contributed by atoms with Gasteiger partial charge in [-0.1, -0.05) is 30.3 Å². The summed E-state index contributed by atoms with van der Waals surface area (Å²) < 4.78 is 5.48. The van der Waals surface area contributed by atoms with Gasteiger partial charge < -0.3 is 25.2 Å². The van der Waals surface area contributed by atoms with Crippen molar-refractivity contribution in [3.05, 3.63) is 48.0 Å². The number of hydrogen-bond acceptors (Lipinski definition) is 6. The molecule has 7 nitrogen and oxygen atoms in total. The van der Waals surface area contributed by atoms with Crippen LogP contribution in [0.3, 0.4) is 0 Å². The number of amides is 1. The molecule has 1 aliphatic rings. The van der Waals surface area contributed by atoms with Crippen LogP contribution < -0.4 is 15.5 Å². The van der Waals surface area contributed by atoms with Gasteiger partial charge in [0, 0.05) is 43.9 Å². The third-order valence-electron chi connectivity index (χ3n) is 5.51. The molecule has 0 aliphatic carbocycles. The number of anilines is 2. The second-order valence-electron chi connectivity index (χ2n) is 7.72. The van der Waals surface area contributed by atoms with Crippen molar-refractivity contribution in [3.63, 3.8) is 0 Å². The SMILES string of the molecule is CCCNCCNc1cc(-c2cccc(-c3ccc4c(c3)CCN4C(C)=O)c2O)on1. The minimum absolute atomic E-state index is 0.0484. The van der Waals surface area contributed by atoms with Gasteiger partial charge in [-0.15, -0.1) is 0 Å². The molecule has 0 saturated carbocycles. The first kappa shape index (κ1) is 20.9. The second kappa shape index (κ2) is 9.22. The molecule has 2 heterocycles. The number of hydrogen-bond donors (Lipinski definition) is 3. The van der Waals surface area contributed by atoms with Gasteiger partial charge in [0.05, 0.1) is 5.56 Å². The van der Waals surface area contributed by atoms with Gasteiger partial charge in [-0.3, -0.25) is 4.79 Å². The summed E-state index contributed by atoms with van der Waals surface area (Å²) in [6.07, 6.45) is 1.91. The molecule has 4 rings (SSSR count). The van der Waals surface area contributed by atoms with Crippen LogP contribution in [0.25, 0.3) is 22.5 Å². The highest BCUT2D eigenvalue weighted by Crippen LogP contribution is 2.40. The van der Waals surface area contributed by atoms with Crippen LogP contribution in [-0.2, 0) is 11.2 Å². The van der Waals surface area contributed by atoms with Crippen LogP contribution in [0.1, 0.15) is 25.8 Å². The highest BCUT2D eigenvalue weighted by atomic mass is 16.5. The van der Waals surface area contributed by atoms with Gasteiger partial charge in [-0.25, -0.2) is 0 Å². The van der Waals surface area contributed by atoms with Crippen molar-refractivity contribution in [1.29, 1.82) is 0 Å². The Morgan fingerprint density at radius 1 is 1.16 bits per heavy atom. The fourth-order valence-corrected chi connectivity index (χ4v) is 3.94. The van der Waals surface area contributed by atoms with Crippen molar-refractivity contribution in [3.8, 4) is 28.2 Å². The molecular weight excluding hydrogens is 392 g/mol. The van der Waals surface area contributed by atoms with E-state index < -0.39 is 0 Å². The Morgan fingerprint density at radius 3 is 2.81 bits per heavy atom. The Hall–Kier alpha value is -3.32. The summed E-state index contributed by atoms with van der Waals surface area (Å²) in [5, 5.41) is 21.6. The van der Waals surface area contributed by atoms with E-state index in [0.29, 0.717) is 23.7 Å². The molecule has 7 heteroatoms. The maximum absolute atomic E-state index is 11.8. The molecule has 0 radical (unpaired) electrons. The normalized spacial score (nSPS) is 12.8.